The van der Waals surface area contributed by atoms with Crippen LogP contribution in [0.15, 0.2) is 4.99 Å². The number of rotatable bonds is 8. The van der Waals surface area contributed by atoms with Crippen LogP contribution in [-0.2, 0) is 4.79 Å². The number of hydrogen-bond donors (Lipinski definition) is 2. The van der Waals surface area contributed by atoms with Crippen LogP contribution >= 0.6 is 24.0 Å². The lowest BCUT2D eigenvalue weighted by atomic mass is 9.98. The van der Waals surface area contributed by atoms with Crippen LogP contribution in [0.4, 0.5) is 0 Å². The van der Waals surface area contributed by atoms with Crippen LogP contribution in [0.5, 0.6) is 0 Å². The van der Waals surface area contributed by atoms with Gasteiger partial charge in [-0.15, -0.1) is 24.0 Å². The minimum atomic E-state index is 0. The molecule has 1 amide bonds. The van der Waals surface area contributed by atoms with Gasteiger partial charge in [-0.2, -0.15) is 0 Å². The number of carbonyl (C=O) groups is 1. The molecule has 0 aromatic carbocycles. The molecule has 2 heterocycles. The van der Waals surface area contributed by atoms with E-state index in [1.165, 1.54) is 32.4 Å². The van der Waals surface area contributed by atoms with Crippen LogP contribution in [0, 0.1) is 0 Å². The first-order valence-electron chi connectivity index (χ1n) is 11.0. The predicted octanol–water partition coefficient (Wildman–Crippen LogP) is 1.98. The molecule has 2 N–H and O–H groups in total. The molecule has 8 heteroatoms. The third kappa shape index (κ3) is 8.20. The number of aliphatic imine (C=N–C) groups is 1. The SMILES string of the molecule is CN=C(NCCCN1CCCC1C(=O)N(C)C)NCC(C)(C)N1CCCCC1.I. The number of likely N-dealkylation sites (N-methyl/N-ethyl adjacent to an activating group) is 1. The summed E-state index contributed by atoms with van der Waals surface area (Å²) in [6.07, 6.45) is 7.09. The highest BCUT2D eigenvalue weighted by Gasteiger charge is 2.31. The molecule has 0 aromatic rings. The number of guanidine groups is 1. The van der Waals surface area contributed by atoms with Gasteiger partial charge in [0.05, 0.1) is 6.04 Å². The Morgan fingerprint density at radius 2 is 1.79 bits per heavy atom. The van der Waals surface area contributed by atoms with Gasteiger partial charge in [0.15, 0.2) is 5.96 Å². The summed E-state index contributed by atoms with van der Waals surface area (Å²) in [6, 6.07) is 0.0674. The minimum absolute atomic E-state index is 0. The summed E-state index contributed by atoms with van der Waals surface area (Å²) in [4.78, 5) is 23.3. The molecular weight excluding hydrogens is 479 g/mol. The molecule has 2 saturated heterocycles. The summed E-state index contributed by atoms with van der Waals surface area (Å²) in [5.74, 6) is 1.11. The summed E-state index contributed by atoms with van der Waals surface area (Å²) >= 11 is 0. The Bertz CT molecular complexity index is 519. The zero-order valence-corrected chi connectivity index (χ0v) is 21.5. The normalized spacial score (nSPS) is 21.6. The molecule has 0 bridgehead atoms. The predicted molar refractivity (Wildman–Crippen MR) is 132 cm³/mol. The first-order valence-corrected chi connectivity index (χ1v) is 11.0. The molecule has 2 fully saturated rings. The second-order valence-corrected chi connectivity index (χ2v) is 8.99. The number of nitrogens with one attached hydrogen (secondary N) is 2. The Hall–Kier alpha value is -0.610. The van der Waals surface area contributed by atoms with Gasteiger partial charge in [0.2, 0.25) is 5.91 Å². The van der Waals surface area contributed by atoms with Gasteiger partial charge in [-0.25, -0.2) is 0 Å². The first-order chi connectivity index (χ1) is 13.3. The van der Waals surface area contributed by atoms with E-state index in [0.717, 1.165) is 51.4 Å². The van der Waals surface area contributed by atoms with E-state index in [0.29, 0.717) is 0 Å². The zero-order valence-electron chi connectivity index (χ0n) is 19.2. The van der Waals surface area contributed by atoms with E-state index in [9.17, 15) is 4.79 Å². The summed E-state index contributed by atoms with van der Waals surface area (Å²) in [5.41, 5.74) is 0.132. The van der Waals surface area contributed by atoms with Crippen molar-refractivity contribution in [1.29, 1.82) is 0 Å². The van der Waals surface area contributed by atoms with Gasteiger partial charge >= 0.3 is 0 Å². The summed E-state index contributed by atoms with van der Waals surface area (Å²) in [6.45, 7) is 10.8. The molecule has 0 aliphatic carbocycles. The molecule has 2 aliphatic rings. The Kier molecular flexibility index (Phi) is 11.8. The fourth-order valence-corrected chi connectivity index (χ4v) is 4.29. The highest BCUT2D eigenvalue weighted by Crippen LogP contribution is 2.20. The van der Waals surface area contributed by atoms with E-state index < -0.39 is 0 Å². The minimum Gasteiger partial charge on any atom is -0.356 e. The highest BCUT2D eigenvalue weighted by molar-refractivity contribution is 14.0. The lowest BCUT2D eigenvalue weighted by molar-refractivity contribution is -0.133. The monoisotopic (exact) mass is 522 g/mol. The number of carbonyl (C=O) groups excluding carboxylic acids is 1. The first kappa shape index (κ1) is 26.4. The molecule has 2 aliphatic heterocycles. The number of nitrogens with zero attached hydrogens (tertiary/aromatic N) is 4. The van der Waals surface area contributed by atoms with Crippen molar-refractivity contribution in [3.05, 3.63) is 0 Å². The van der Waals surface area contributed by atoms with Crippen molar-refractivity contribution in [2.75, 3.05) is 60.4 Å². The van der Waals surface area contributed by atoms with Crippen molar-refractivity contribution >= 4 is 35.8 Å². The van der Waals surface area contributed by atoms with Gasteiger partial charge in [-0.05, 0) is 65.6 Å². The topological polar surface area (TPSA) is 63.2 Å². The van der Waals surface area contributed by atoms with Crippen molar-refractivity contribution in [2.45, 2.75) is 64.0 Å². The Labute approximate surface area is 195 Å². The molecule has 0 radical (unpaired) electrons. The molecule has 1 atom stereocenters. The Morgan fingerprint density at radius 3 is 2.41 bits per heavy atom. The van der Waals surface area contributed by atoms with E-state index in [-0.39, 0.29) is 41.5 Å². The number of hydrogen-bond acceptors (Lipinski definition) is 4. The lowest BCUT2D eigenvalue weighted by Gasteiger charge is -2.41. The Morgan fingerprint density at radius 1 is 1.10 bits per heavy atom. The Balaban J connectivity index is 0.00000420. The summed E-state index contributed by atoms with van der Waals surface area (Å²) < 4.78 is 0. The van der Waals surface area contributed by atoms with Crippen molar-refractivity contribution in [1.82, 2.24) is 25.3 Å². The van der Waals surface area contributed by atoms with E-state index in [1.54, 1.807) is 4.90 Å². The van der Waals surface area contributed by atoms with Crippen LogP contribution in [0.3, 0.4) is 0 Å². The average molecular weight is 523 g/mol. The van der Waals surface area contributed by atoms with Gasteiger partial charge < -0.3 is 15.5 Å². The summed E-state index contributed by atoms with van der Waals surface area (Å²) in [5, 5.41) is 6.93. The zero-order chi connectivity index (χ0) is 20.6. The molecule has 170 valence electrons. The maximum absolute atomic E-state index is 12.3. The molecule has 7 nitrogen and oxygen atoms in total. The maximum atomic E-state index is 12.3. The maximum Gasteiger partial charge on any atom is 0.239 e. The second-order valence-electron chi connectivity index (χ2n) is 8.99. The molecule has 2 rings (SSSR count). The molecule has 0 spiro atoms. The lowest BCUT2D eigenvalue weighted by Crippen LogP contribution is -2.55. The molecular formula is C21H43IN6O. The van der Waals surface area contributed by atoms with E-state index in [2.05, 4.69) is 39.3 Å². The van der Waals surface area contributed by atoms with Crippen LogP contribution in [0.1, 0.15) is 52.4 Å². The van der Waals surface area contributed by atoms with E-state index >= 15 is 0 Å². The fourth-order valence-electron chi connectivity index (χ4n) is 4.29. The largest absolute Gasteiger partial charge is 0.356 e. The average Bonchev–Trinajstić information content (AvgIpc) is 3.15. The number of halogens is 1. The van der Waals surface area contributed by atoms with E-state index in [4.69, 9.17) is 0 Å². The van der Waals surface area contributed by atoms with Gasteiger partial charge in [0.1, 0.15) is 0 Å². The number of amides is 1. The molecule has 29 heavy (non-hydrogen) atoms. The molecule has 0 aromatic heterocycles. The van der Waals surface area contributed by atoms with Crippen LogP contribution < -0.4 is 10.6 Å². The van der Waals surface area contributed by atoms with Gasteiger partial charge in [0.25, 0.3) is 0 Å². The van der Waals surface area contributed by atoms with Crippen molar-refractivity contribution in [3.63, 3.8) is 0 Å². The van der Waals surface area contributed by atoms with Crippen molar-refractivity contribution in [3.8, 4) is 0 Å². The summed E-state index contributed by atoms with van der Waals surface area (Å²) in [7, 11) is 5.53. The van der Waals surface area contributed by atoms with Crippen molar-refractivity contribution < 1.29 is 4.79 Å². The number of piperidine rings is 1. The molecule has 0 saturated carbocycles. The van der Waals surface area contributed by atoms with Gasteiger partial charge in [-0.1, -0.05) is 6.42 Å². The third-order valence-electron chi connectivity index (χ3n) is 6.13. The highest BCUT2D eigenvalue weighted by atomic mass is 127. The standard InChI is InChI=1S/C21H42N6O.HI/c1-21(2,27-15-7-6-8-16-27)17-24-20(22-3)23-12-10-14-26-13-9-11-18(26)19(28)25(4)5;/h18H,6-17H2,1-5H3,(H2,22,23,24);1H. The van der Waals surface area contributed by atoms with Gasteiger partial charge in [-0.3, -0.25) is 19.6 Å². The van der Waals surface area contributed by atoms with Crippen LogP contribution in [-0.4, -0.2) is 98.6 Å². The number of likely N-dealkylation sites (tertiary alicyclic amines) is 2. The third-order valence-corrected chi connectivity index (χ3v) is 6.13. The van der Waals surface area contributed by atoms with Crippen LogP contribution in [0.2, 0.25) is 0 Å². The fraction of sp³-hybridized carbons (Fsp3) is 0.905. The molecule has 1 unspecified atom stereocenters. The van der Waals surface area contributed by atoms with Crippen LogP contribution in [0.25, 0.3) is 0 Å². The van der Waals surface area contributed by atoms with Gasteiger partial charge in [0, 0.05) is 46.3 Å². The quantitative estimate of drug-likeness (QED) is 0.221. The van der Waals surface area contributed by atoms with Crippen molar-refractivity contribution in [2.24, 2.45) is 4.99 Å². The van der Waals surface area contributed by atoms with E-state index in [1.807, 2.05) is 21.1 Å². The smallest absolute Gasteiger partial charge is 0.239 e. The second kappa shape index (κ2) is 12.9.